The van der Waals surface area contributed by atoms with E-state index in [1.165, 1.54) is 13.2 Å². The lowest BCUT2D eigenvalue weighted by atomic mass is 10.2. The number of halogens is 1. The number of rotatable bonds is 6. The Bertz CT molecular complexity index is 608. The molecule has 0 amide bonds. The second kappa shape index (κ2) is 8.09. The molecule has 0 bridgehead atoms. The minimum Gasteiger partial charge on any atom is -0.383 e. The zero-order valence-corrected chi connectivity index (χ0v) is 12.5. The molecule has 4 N–H and O–H groups in total. The van der Waals surface area contributed by atoms with E-state index in [0.717, 1.165) is 0 Å². The summed E-state index contributed by atoms with van der Waals surface area (Å²) in [7, 11) is -2.22. The summed E-state index contributed by atoms with van der Waals surface area (Å²) in [6.07, 6.45) is 0. The van der Waals surface area contributed by atoms with Crippen molar-refractivity contribution in [3.8, 4) is 11.8 Å². The van der Waals surface area contributed by atoms with E-state index in [1.807, 2.05) is 0 Å². The summed E-state index contributed by atoms with van der Waals surface area (Å²) in [6, 6.07) is 4.73. The molecule has 1 rings (SSSR count). The molecule has 0 aromatic heterocycles. The third-order valence-corrected chi connectivity index (χ3v) is 3.46. The summed E-state index contributed by atoms with van der Waals surface area (Å²) in [5.74, 6) is 5.44. The van der Waals surface area contributed by atoms with Gasteiger partial charge in [0.25, 0.3) is 10.2 Å². The highest BCUT2D eigenvalue weighted by Crippen LogP contribution is 2.21. The summed E-state index contributed by atoms with van der Waals surface area (Å²) in [5, 5.41) is 0.401. The molecule has 1 aromatic rings. The van der Waals surface area contributed by atoms with Crippen molar-refractivity contribution < 1.29 is 13.2 Å². The van der Waals surface area contributed by atoms with Gasteiger partial charge in [-0.25, -0.2) is 0 Å². The van der Waals surface area contributed by atoms with E-state index in [0.29, 0.717) is 16.3 Å². The van der Waals surface area contributed by atoms with Gasteiger partial charge in [0.15, 0.2) is 0 Å². The number of anilines is 1. The van der Waals surface area contributed by atoms with Crippen molar-refractivity contribution in [2.24, 2.45) is 5.73 Å². The molecule has 110 valence electrons. The largest absolute Gasteiger partial charge is 0.383 e. The monoisotopic (exact) mass is 317 g/mol. The van der Waals surface area contributed by atoms with E-state index in [1.54, 1.807) is 12.1 Å². The van der Waals surface area contributed by atoms with Gasteiger partial charge in [-0.1, -0.05) is 23.4 Å². The van der Waals surface area contributed by atoms with Crippen LogP contribution in [0.4, 0.5) is 5.69 Å². The summed E-state index contributed by atoms with van der Waals surface area (Å²) in [5.41, 5.74) is 6.09. The average Bonchev–Trinajstić information content (AvgIpc) is 2.37. The normalized spacial score (nSPS) is 10.8. The summed E-state index contributed by atoms with van der Waals surface area (Å²) >= 11 is 5.86. The van der Waals surface area contributed by atoms with Crippen LogP contribution in [0, 0.1) is 11.8 Å². The van der Waals surface area contributed by atoms with E-state index in [2.05, 4.69) is 21.3 Å². The molecular formula is C12H16ClN3O3S. The lowest BCUT2D eigenvalue weighted by Gasteiger charge is -2.11. The van der Waals surface area contributed by atoms with Crippen LogP contribution in [0.3, 0.4) is 0 Å². The first kappa shape index (κ1) is 16.8. The fourth-order valence-corrected chi connectivity index (χ4v) is 2.37. The molecule has 0 fully saturated rings. The average molecular weight is 318 g/mol. The van der Waals surface area contributed by atoms with Crippen LogP contribution in [0.2, 0.25) is 5.02 Å². The van der Waals surface area contributed by atoms with Crippen LogP contribution in [0.1, 0.15) is 5.56 Å². The smallest absolute Gasteiger partial charge is 0.299 e. The molecule has 8 heteroatoms. The number of hydrogen-bond donors (Lipinski definition) is 3. The first-order valence-electron chi connectivity index (χ1n) is 5.73. The van der Waals surface area contributed by atoms with Crippen LogP contribution in [0.5, 0.6) is 0 Å². The molecule has 0 heterocycles. The molecule has 0 aliphatic rings. The van der Waals surface area contributed by atoms with Crippen LogP contribution < -0.4 is 15.2 Å². The van der Waals surface area contributed by atoms with Crippen molar-refractivity contribution in [3.63, 3.8) is 0 Å². The molecule has 0 aliphatic heterocycles. The van der Waals surface area contributed by atoms with Crippen molar-refractivity contribution in [1.82, 2.24) is 4.72 Å². The Morgan fingerprint density at radius 1 is 1.45 bits per heavy atom. The third-order valence-electron chi connectivity index (χ3n) is 2.15. The minimum absolute atomic E-state index is 0.163. The Kier molecular flexibility index (Phi) is 6.78. The van der Waals surface area contributed by atoms with Gasteiger partial charge in [-0.15, -0.1) is 0 Å². The topological polar surface area (TPSA) is 93.4 Å². The van der Waals surface area contributed by atoms with E-state index < -0.39 is 10.2 Å². The quantitative estimate of drug-likeness (QED) is 0.527. The Labute approximate surface area is 123 Å². The molecular weight excluding hydrogens is 302 g/mol. The van der Waals surface area contributed by atoms with Gasteiger partial charge in [-0.05, 0) is 18.2 Å². The number of nitrogens with two attached hydrogens (primary N) is 1. The molecule has 0 atom stereocenters. The fourth-order valence-electron chi connectivity index (χ4n) is 1.32. The maximum atomic E-state index is 11.8. The van der Waals surface area contributed by atoms with Crippen LogP contribution in [0.25, 0.3) is 0 Å². The molecule has 0 saturated heterocycles. The van der Waals surface area contributed by atoms with Crippen molar-refractivity contribution in [2.75, 3.05) is 31.5 Å². The van der Waals surface area contributed by atoms with Crippen molar-refractivity contribution in [2.45, 2.75) is 0 Å². The number of ether oxygens (including phenoxy) is 1. The fraction of sp³-hybridized carbons (Fsp3) is 0.333. The van der Waals surface area contributed by atoms with Crippen LogP contribution >= 0.6 is 11.6 Å². The van der Waals surface area contributed by atoms with Crippen LogP contribution in [-0.4, -0.2) is 35.2 Å². The lowest BCUT2D eigenvalue weighted by molar-refractivity contribution is 0.204. The predicted molar refractivity (Wildman–Crippen MR) is 79.8 cm³/mol. The first-order valence-corrected chi connectivity index (χ1v) is 7.59. The van der Waals surface area contributed by atoms with Gasteiger partial charge in [0, 0.05) is 24.2 Å². The zero-order chi connectivity index (χ0) is 15.0. The minimum atomic E-state index is -3.71. The van der Waals surface area contributed by atoms with Gasteiger partial charge >= 0.3 is 0 Å². The van der Waals surface area contributed by atoms with Gasteiger partial charge in [0.1, 0.15) is 0 Å². The summed E-state index contributed by atoms with van der Waals surface area (Å²) in [4.78, 5) is 0. The van der Waals surface area contributed by atoms with Gasteiger partial charge in [-0.2, -0.15) is 13.1 Å². The van der Waals surface area contributed by atoms with Crippen molar-refractivity contribution >= 4 is 27.5 Å². The van der Waals surface area contributed by atoms with Crippen LogP contribution in [-0.2, 0) is 14.9 Å². The molecule has 0 radical (unpaired) electrons. The molecule has 1 aromatic carbocycles. The summed E-state index contributed by atoms with van der Waals surface area (Å²) < 4.78 is 33.1. The van der Waals surface area contributed by atoms with Gasteiger partial charge in [0.05, 0.1) is 18.8 Å². The Balaban J connectivity index is 2.92. The maximum absolute atomic E-state index is 11.8. The second-order valence-corrected chi connectivity index (χ2v) is 5.62. The highest BCUT2D eigenvalue weighted by atomic mass is 35.5. The lowest BCUT2D eigenvalue weighted by Crippen LogP contribution is -2.32. The molecule has 0 spiro atoms. The van der Waals surface area contributed by atoms with E-state index in [-0.39, 0.29) is 19.7 Å². The summed E-state index contributed by atoms with van der Waals surface area (Å²) in [6.45, 7) is 0.618. The Hall–Kier alpha value is -1.30. The number of benzene rings is 1. The Morgan fingerprint density at radius 2 is 2.20 bits per heavy atom. The first-order chi connectivity index (χ1) is 9.48. The van der Waals surface area contributed by atoms with E-state index in [4.69, 9.17) is 22.1 Å². The van der Waals surface area contributed by atoms with E-state index >= 15 is 0 Å². The molecule has 6 nitrogen and oxygen atoms in total. The number of nitrogens with one attached hydrogen (secondary N) is 2. The van der Waals surface area contributed by atoms with Crippen molar-refractivity contribution in [1.29, 1.82) is 0 Å². The number of hydrogen-bond acceptors (Lipinski definition) is 4. The van der Waals surface area contributed by atoms with Gasteiger partial charge < -0.3 is 10.5 Å². The molecule has 0 unspecified atom stereocenters. The van der Waals surface area contributed by atoms with Crippen molar-refractivity contribution in [3.05, 3.63) is 28.8 Å². The maximum Gasteiger partial charge on any atom is 0.299 e. The standard InChI is InChI=1S/C12H16ClN3O3S/c1-19-8-7-15-20(17,18)16-12-9-11(13)5-4-10(12)3-2-6-14/h4-5,9,15-16H,6-8,14H2,1H3. The molecule has 20 heavy (non-hydrogen) atoms. The highest BCUT2D eigenvalue weighted by Gasteiger charge is 2.11. The number of methoxy groups -OCH3 is 1. The predicted octanol–water partition coefficient (Wildman–Crippen LogP) is 0.543. The Morgan fingerprint density at radius 3 is 2.85 bits per heavy atom. The van der Waals surface area contributed by atoms with E-state index in [9.17, 15) is 8.42 Å². The third kappa shape index (κ3) is 5.77. The van der Waals surface area contributed by atoms with Crippen LogP contribution in [0.15, 0.2) is 18.2 Å². The highest BCUT2D eigenvalue weighted by molar-refractivity contribution is 7.90. The molecule has 0 aliphatic carbocycles. The second-order valence-electron chi connectivity index (χ2n) is 3.69. The zero-order valence-electron chi connectivity index (χ0n) is 10.9. The molecule has 0 saturated carbocycles. The van der Waals surface area contributed by atoms with Gasteiger partial charge in [0.2, 0.25) is 0 Å². The SMILES string of the molecule is COCCNS(=O)(=O)Nc1cc(Cl)ccc1C#CCN. The van der Waals surface area contributed by atoms with Gasteiger partial charge in [-0.3, -0.25) is 4.72 Å².